The molecule has 0 fully saturated rings. The van der Waals surface area contributed by atoms with Crippen LogP contribution in [0, 0.1) is 68.8 Å². The maximum Gasteiger partial charge on any atom is 0.146 e. The Morgan fingerprint density at radius 2 is 0.343 bits per heavy atom. The number of hydrogen-bond acceptors (Lipinski definition) is 0. The minimum atomic E-state index is -1.81. The Morgan fingerprint density at radius 3 is 0.500 bits per heavy atom. The van der Waals surface area contributed by atoms with E-state index in [2.05, 4.69) is 415 Å². The molecule has 0 unspecified atom stereocenters. The summed E-state index contributed by atoms with van der Waals surface area (Å²) in [6, 6.07) is 74.4. The average molecular weight is 1510 g/mol. The highest BCUT2D eigenvalue weighted by Crippen LogP contribution is 2.44. The van der Waals surface area contributed by atoms with Gasteiger partial charge in [0.15, 0.2) is 0 Å². The molecule has 0 saturated heterocycles. The molecule has 108 heavy (non-hydrogen) atoms. The van der Waals surface area contributed by atoms with Crippen LogP contribution in [-0.2, 0) is 0 Å². The summed E-state index contributed by atoms with van der Waals surface area (Å²) in [5.74, 6) is 21.7. The lowest BCUT2D eigenvalue weighted by Crippen LogP contribution is -2.43. The monoisotopic (exact) mass is 1510 g/mol. The topological polar surface area (TPSA) is 0 Å². The van der Waals surface area contributed by atoms with E-state index in [-0.39, 0.29) is 0 Å². The van der Waals surface area contributed by atoms with Crippen LogP contribution >= 0.6 is 0 Å². The van der Waals surface area contributed by atoms with Gasteiger partial charge in [-0.1, -0.05) is 345 Å². The van der Waals surface area contributed by atoms with E-state index in [0.29, 0.717) is 33.2 Å². The summed E-state index contributed by atoms with van der Waals surface area (Å²) in [4.78, 5) is 0. The van der Waals surface area contributed by atoms with Gasteiger partial charge in [-0.2, -0.15) is 0 Å². The van der Waals surface area contributed by atoms with Gasteiger partial charge in [0.25, 0.3) is 0 Å². The largest absolute Gasteiger partial charge is 0.146 e. The summed E-state index contributed by atoms with van der Waals surface area (Å²) >= 11 is 0. The Morgan fingerprint density at radius 1 is 0.194 bits per heavy atom. The maximum atomic E-state index is 3.95. The van der Waals surface area contributed by atoms with Crippen molar-refractivity contribution in [3.8, 4) is 68.8 Å². The highest BCUT2D eigenvalue weighted by atomic mass is 28.3. The van der Waals surface area contributed by atoms with E-state index in [0.717, 1.165) is 22.3 Å². The molecule has 0 aliphatic rings. The van der Waals surface area contributed by atoms with Gasteiger partial charge in [0.1, 0.15) is 48.4 Å². The van der Waals surface area contributed by atoms with Crippen molar-refractivity contribution < 1.29 is 0 Å². The van der Waals surface area contributed by atoms with Gasteiger partial charge in [0.05, 0.1) is 0 Å². The minimum absolute atomic E-state index is 0.624. The average Bonchev–Trinajstić information content (AvgIpc) is 0.762. The van der Waals surface area contributed by atoms with Crippen molar-refractivity contribution in [1.29, 1.82) is 0 Å². The summed E-state index contributed by atoms with van der Waals surface area (Å²) in [7, 11) is -9.42. The van der Waals surface area contributed by atoms with Crippen LogP contribution in [0.15, 0.2) is 182 Å². The van der Waals surface area contributed by atoms with E-state index in [1.54, 1.807) is 0 Å². The molecule has 0 bridgehead atoms. The normalized spacial score (nSPS) is 12.2. The van der Waals surface area contributed by atoms with Crippen LogP contribution in [-0.4, -0.2) is 48.4 Å². The second-order valence-electron chi connectivity index (χ2n) is 34.6. The van der Waals surface area contributed by atoms with Gasteiger partial charge >= 0.3 is 0 Å². The summed E-state index contributed by atoms with van der Waals surface area (Å²) in [6.07, 6.45) is 0. The van der Waals surface area contributed by atoms with Gasteiger partial charge in [0.2, 0.25) is 0 Å². The van der Waals surface area contributed by atoms with Crippen LogP contribution < -0.4 is 0 Å². The molecule has 0 aliphatic carbocycles. The van der Waals surface area contributed by atoms with Gasteiger partial charge < -0.3 is 0 Å². The predicted octanol–water partition coefficient (Wildman–Crippen LogP) is 29.8. The molecule has 0 aromatic heterocycles. The SMILES string of the molecule is CC(C)[Si](C#Cc1cccc2c1ccc1c3cccc(C#C[Si](C(C)C)(C(C)C)C(C)C)c3ccc21)(C(C)C)C(C)C.CC[Si](C#Cc1cccc2c1ccc1c3cccc(C#C[Si](CC)(CC)CC)c3ccc21)(CC)CC.C[Si](C)(C)C#Cc1cccc2c1ccc1c3cccc(C#C[Si](C)(C)C)c3ccc21. The quantitative estimate of drug-likeness (QED) is 0.0650. The third kappa shape index (κ3) is 17.0. The van der Waals surface area contributed by atoms with Crippen LogP contribution in [0.5, 0.6) is 0 Å². The molecular weight excluding hydrogens is 1390 g/mol. The molecule has 0 spiro atoms. The van der Waals surface area contributed by atoms with Crippen LogP contribution in [0.25, 0.3) is 97.0 Å². The molecule has 0 aliphatic heterocycles. The summed E-state index contributed by atoms with van der Waals surface area (Å²) in [6.45, 7) is 56.3. The van der Waals surface area contributed by atoms with Crippen LogP contribution in [0.4, 0.5) is 0 Å². The lowest BCUT2D eigenvalue weighted by molar-refractivity contribution is 0.838. The van der Waals surface area contributed by atoms with Gasteiger partial charge in [-0.3, -0.25) is 0 Å². The van der Waals surface area contributed by atoms with Crippen molar-refractivity contribution in [2.75, 3.05) is 0 Å². The molecular formula is C102H120Si6. The number of hydrogen-bond donors (Lipinski definition) is 0. The zero-order chi connectivity index (χ0) is 78.3. The van der Waals surface area contributed by atoms with Crippen molar-refractivity contribution >= 4 is 145 Å². The predicted molar refractivity (Wildman–Crippen MR) is 501 cm³/mol. The Balaban J connectivity index is 0.000000175. The summed E-state index contributed by atoms with van der Waals surface area (Å²) < 4.78 is 0. The van der Waals surface area contributed by atoms with Crippen LogP contribution in [0.3, 0.4) is 0 Å². The number of benzene rings is 12. The fourth-order valence-corrected chi connectivity index (χ4v) is 34.0. The fraction of sp³-hybridized carbons (Fsp3) is 0.353. The van der Waals surface area contributed by atoms with E-state index in [1.807, 2.05) is 0 Å². The fourth-order valence-electron chi connectivity index (χ4n) is 17.6. The van der Waals surface area contributed by atoms with Crippen molar-refractivity contribution in [2.45, 2.75) is 233 Å². The first kappa shape index (κ1) is 82.1. The third-order valence-corrected chi connectivity index (χ3v) is 48.2. The van der Waals surface area contributed by atoms with Crippen LogP contribution in [0.1, 0.15) is 158 Å². The summed E-state index contributed by atoms with van der Waals surface area (Å²) in [5, 5.41) is 23.0. The van der Waals surface area contributed by atoms with Crippen LogP contribution in [0.2, 0.25) is 109 Å². The van der Waals surface area contributed by atoms with Gasteiger partial charge in [0, 0.05) is 33.4 Å². The molecule has 0 amide bonds. The number of fused-ring (bicyclic) bond motifs is 15. The van der Waals surface area contributed by atoms with Crippen molar-refractivity contribution in [3.05, 3.63) is 215 Å². The highest BCUT2D eigenvalue weighted by Gasteiger charge is 2.43. The molecule has 0 atom stereocenters. The molecule has 0 heterocycles. The van der Waals surface area contributed by atoms with E-state index in [4.69, 9.17) is 0 Å². The van der Waals surface area contributed by atoms with Gasteiger partial charge in [-0.05, 0) is 203 Å². The lowest BCUT2D eigenvalue weighted by Gasteiger charge is -2.38. The molecule has 0 saturated carbocycles. The first-order chi connectivity index (χ1) is 51.4. The molecule has 12 aromatic rings. The Bertz CT molecular complexity index is 5350. The Kier molecular flexibility index (Phi) is 26.1. The highest BCUT2D eigenvalue weighted by molar-refractivity contribution is 6.91. The maximum absolute atomic E-state index is 3.95. The van der Waals surface area contributed by atoms with E-state index in [9.17, 15) is 0 Å². The molecule has 0 nitrogen and oxygen atoms in total. The molecule has 552 valence electrons. The Labute approximate surface area is 657 Å². The summed E-state index contributed by atoms with van der Waals surface area (Å²) in [5.41, 5.74) is 33.2. The second kappa shape index (κ2) is 34.3. The lowest BCUT2D eigenvalue weighted by atomic mass is 9.94. The third-order valence-electron chi connectivity index (χ3n) is 24.4. The zero-order valence-corrected chi connectivity index (χ0v) is 76.0. The van der Waals surface area contributed by atoms with Gasteiger partial charge in [-0.25, -0.2) is 0 Å². The molecule has 12 aromatic carbocycles. The van der Waals surface area contributed by atoms with Crippen molar-refractivity contribution in [3.63, 3.8) is 0 Å². The first-order valence-corrected chi connectivity index (χ1v) is 57.4. The standard InChI is InChI=1S/C40H52Si2.C34H40Si2.C28H28Si2/c1-27(2)41(28(3)4,29(5)6)25-23-33-15-13-17-37-35(33)19-21-40-38-18-14-16-34(36(38)20-22-39(37)40)24-26-42(30(7)8,31(9)10)32(11)12;1-7-35(8-2,9-3)25-23-27-15-13-17-31-29(27)19-21-34-32-18-14-16-28(30(32)20-22-33(31)34)24-26-36(10-4,11-5)12-6;1-29(2,3)19-17-21-9-7-11-25-23(21)13-15-28-26-12-8-10-22(18-20-30(4,5)6)24(26)14-16-27(25)28/h13-22,27-32H,1-12H3;13-22H,7-12H2,1-6H3;7-16H,1-6H3. The van der Waals surface area contributed by atoms with Gasteiger partial charge in [-0.15, -0.1) is 33.3 Å². The molecule has 0 radical (unpaired) electrons. The van der Waals surface area contributed by atoms with Crippen molar-refractivity contribution in [1.82, 2.24) is 0 Å². The number of rotatable bonds is 12. The van der Waals surface area contributed by atoms with Crippen molar-refractivity contribution in [2.24, 2.45) is 0 Å². The van der Waals surface area contributed by atoms with E-state index < -0.39 is 48.4 Å². The smallest absolute Gasteiger partial charge is 0.127 e. The molecule has 6 heteroatoms. The van der Waals surface area contributed by atoms with E-state index in [1.165, 1.54) is 144 Å². The molecule has 12 rings (SSSR count). The Hall–Kier alpha value is -8.36. The molecule has 0 N–H and O–H groups in total. The minimum Gasteiger partial charge on any atom is -0.127 e. The van der Waals surface area contributed by atoms with E-state index >= 15 is 0 Å². The second-order valence-corrected chi connectivity index (χ2v) is 65.1. The zero-order valence-electron chi connectivity index (χ0n) is 70.0. The first-order valence-electron chi connectivity index (χ1n) is 40.7.